The van der Waals surface area contributed by atoms with Gasteiger partial charge in [0.1, 0.15) is 5.75 Å². The number of benzene rings is 1. The highest BCUT2D eigenvalue weighted by Gasteiger charge is 2.23. The molecular formula is C13H19BrOS. The highest BCUT2D eigenvalue weighted by Crippen LogP contribution is 2.27. The number of halogens is 1. The van der Waals surface area contributed by atoms with Crippen molar-refractivity contribution in [2.75, 3.05) is 12.4 Å². The molecule has 1 nitrogen and oxygen atoms in total. The van der Waals surface area contributed by atoms with Crippen LogP contribution >= 0.6 is 28.6 Å². The number of thiol groups is 1. The molecule has 0 saturated carbocycles. The summed E-state index contributed by atoms with van der Waals surface area (Å²) in [5.74, 6) is 2.22. The summed E-state index contributed by atoms with van der Waals surface area (Å²) in [5.41, 5.74) is 0.233. The predicted octanol–water partition coefficient (Wildman–Crippen LogP) is 4.42. The highest BCUT2D eigenvalue weighted by molar-refractivity contribution is 9.10. The lowest BCUT2D eigenvalue weighted by molar-refractivity contribution is 0.165. The zero-order valence-electron chi connectivity index (χ0n) is 10.0. The normalized spacial score (nSPS) is 13.6. The van der Waals surface area contributed by atoms with E-state index in [4.69, 9.17) is 4.74 Å². The largest absolute Gasteiger partial charge is 0.493 e. The predicted molar refractivity (Wildman–Crippen MR) is 76.4 cm³/mol. The third kappa shape index (κ3) is 4.38. The molecule has 0 radical (unpaired) electrons. The molecule has 0 aliphatic rings. The Morgan fingerprint density at radius 2 is 1.81 bits per heavy atom. The van der Waals surface area contributed by atoms with Gasteiger partial charge in [-0.25, -0.2) is 0 Å². The van der Waals surface area contributed by atoms with E-state index in [9.17, 15) is 0 Å². The second-order valence-electron chi connectivity index (χ2n) is 5.01. The van der Waals surface area contributed by atoms with Crippen LogP contribution in [0.25, 0.3) is 0 Å². The summed E-state index contributed by atoms with van der Waals surface area (Å²) >= 11 is 7.79. The molecule has 0 N–H and O–H groups in total. The van der Waals surface area contributed by atoms with Crippen molar-refractivity contribution in [2.45, 2.75) is 20.8 Å². The van der Waals surface area contributed by atoms with Crippen molar-refractivity contribution in [3.8, 4) is 5.75 Å². The van der Waals surface area contributed by atoms with E-state index < -0.39 is 0 Å². The van der Waals surface area contributed by atoms with Crippen LogP contribution < -0.4 is 4.74 Å². The van der Waals surface area contributed by atoms with Gasteiger partial charge in [-0.05, 0) is 35.4 Å². The van der Waals surface area contributed by atoms with Gasteiger partial charge < -0.3 is 4.74 Å². The van der Waals surface area contributed by atoms with Crippen molar-refractivity contribution in [3.63, 3.8) is 0 Å². The number of hydrogen-bond donors (Lipinski definition) is 1. The van der Waals surface area contributed by atoms with E-state index in [0.29, 0.717) is 12.5 Å². The smallest absolute Gasteiger partial charge is 0.119 e. The second kappa shape index (κ2) is 5.97. The summed E-state index contributed by atoms with van der Waals surface area (Å²) in [4.78, 5) is 0. The van der Waals surface area contributed by atoms with Crippen LogP contribution in [-0.4, -0.2) is 12.4 Å². The van der Waals surface area contributed by atoms with Crippen molar-refractivity contribution in [1.82, 2.24) is 0 Å². The molecule has 0 aliphatic heterocycles. The maximum absolute atomic E-state index is 5.77. The molecule has 0 bridgehead atoms. The molecular weight excluding hydrogens is 284 g/mol. The fraction of sp³-hybridized carbons (Fsp3) is 0.538. The summed E-state index contributed by atoms with van der Waals surface area (Å²) in [5, 5.41) is 0. The van der Waals surface area contributed by atoms with Crippen LogP contribution in [0.5, 0.6) is 5.75 Å². The summed E-state index contributed by atoms with van der Waals surface area (Å²) in [6.07, 6.45) is 0. The molecule has 0 heterocycles. The topological polar surface area (TPSA) is 9.23 Å². The lowest BCUT2D eigenvalue weighted by Gasteiger charge is -2.29. The molecule has 0 fully saturated rings. The molecule has 0 amide bonds. The minimum absolute atomic E-state index is 0.233. The Hall–Kier alpha value is -0.150. The molecule has 0 aliphatic carbocycles. The number of rotatable bonds is 4. The van der Waals surface area contributed by atoms with E-state index in [0.717, 1.165) is 16.0 Å². The summed E-state index contributed by atoms with van der Waals surface area (Å²) in [7, 11) is 0. The van der Waals surface area contributed by atoms with Crippen LogP contribution in [0.2, 0.25) is 0 Å². The van der Waals surface area contributed by atoms with Gasteiger partial charge in [-0.15, -0.1) is 0 Å². The van der Waals surface area contributed by atoms with Gasteiger partial charge in [-0.2, -0.15) is 12.6 Å². The summed E-state index contributed by atoms with van der Waals surface area (Å²) in [6, 6.07) is 7.93. The third-order valence-corrected chi connectivity index (χ3v) is 3.68. The van der Waals surface area contributed by atoms with Gasteiger partial charge in [0.05, 0.1) is 6.61 Å². The van der Waals surface area contributed by atoms with Gasteiger partial charge in [0.25, 0.3) is 0 Å². The average molecular weight is 303 g/mol. The zero-order chi connectivity index (χ0) is 12.2. The van der Waals surface area contributed by atoms with Gasteiger partial charge in [0, 0.05) is 10.4 Å². The lowest BCUT2D eigenvalue weighted by atomic mass is 9.82. The SMILES string of the molecule is CC(C)(C)C(CS)COc1ccc(Br)cc1. The Balaban J connectivity index is 2.53. The monoisotopic (exact) mass is 302 g/mol. The first-order chi connectivity index (χ1) is 7.43. The van der Waals surface area contributed by atoms with Gasteiger partial charge in [0.15, 0.2) is 0 Å². The van der Waals surface area contributed by atoms with Gasteiger partial charge >= 0.3 is 0 Å². The minimum atomic E-state index is 0.233. The van der Waals surface area contributed by atoms with Crippen LogP contribution in [0.4, 0.5) is 0 Å². The molecule has 1 aromatic carbocycles. The molecule has 0 saturated heterocycles. The first kappa shape index (κ1) is 13.9. The molecule has 3 heteroatoms. The molecule has 1 rings (SSSR count). The van der Waals surface area contributed by atoms with E-state index in [1.54, 1.807) is 0 Å². The molecule has 0 aromatic heterocycles. The van der Waals surface area contributed by atoms with Crippen LogP contribution in [0, 0.1) is 11.3 Å². The van der Waals surface area contributed by atoms with Crippen LogP contribution in [0.1, 0.15) is 20.8 Å². The second-order valence-corrected chi connectivity index (χ2v) is 6.29. The van der Waals surface area contributed by atoms with Crippen molar-refractivity contribution in [2.24, 2.45) is 11.3 Å². The third-order valence-electron chi connectivity index (χ3n) is 2.71. The molecule has 1 aromatic rings. The fourth-order valence-electron chi connectivity index (χ4n) is 1.30. The van der Waals surface area contributed by atoms with E-state index in [1.807, 2.05) is 24.3 Å². The Morgan fingerprint density at radius 1 is 1.25 bits per heavy atom. The standard InChI is InChI=1S/C13H19BrOS/c1-13(2,3)10(9-16)8-15-12-6-4-11(14)5-7-12/h4-7,10,16H,8-9H2,1-3H3. The van der Waals surface area contributed by atoms with Crippen LogP contribution in [-0.2, 0) is 0 Å². The minimum Gasteiger partial charge on any atom is -0.493 e. The first-order valence-corrected chi connectivity index (χ1v) is 6.85. The molecule has 90 valence electrons. The first-order valence-electron chi connectivity index (χ1n) is 5.42. The molecule has 0 spiro atoms. The van der Waals surface area contributed by atoms with E-state index in [1.165, 1.54) is 0 Å². The lowest BCUT2D eigenvalue weighted by Crippen LogP contribution is -2.28. The van der Waals surface area contributed by atoms with Crippen LogP contribution in [0.15, 0.2) is 28.7 Å². The van der Waals surface area contributed by atoms with E-state index in [2.05, 4.69) is 49.3 Å². The van der Waals surface area contributed by atoms with E-state index >= 15 is 0 Å². The maximum atomic E-state index is 5.77. The Bertz CT molecular complexity index is 316. The van der Waals surface area contributed by atoms with E-state index in [-0.39, 0.29) is 5.41 Å². The van der Waals surface area contributed by atoms with Crippen molar-refractivity contribution >= 4 is 28.6 Å². The zero-order valence-corrected chi connectivity index (χ0v) is 12.5. The average Bonchev–Trinajstić information content (AvgIpc) is 2.19. The fourth-order valence-corrected chi connectivity index (χ4v) is 2.22. The summed E-state index contributed by atoms with van der Waals surface area (Å²) < 4.78 is 6.84. The highest BCUT2D eigenvalue weighted by atomic mass is 79.9. The summed E-state index contributed by atoms with van der Waals surface area (Å²) in [6.45, 7) is 7.38. The van der Waals surface area contributed by atoms with Gasteiger partial charge in [-0.1, -0.05) is 36.7 Å². The maximum Gasteiger partial charge on any atom is 0.119 e. The Labute approximate surface area is 112 Å². The Morgan fingerprint density at radius 3 is 2.25 bits per heavy atom. The number of ether oxygens (including phenoxy) is 1. The molecule has 1 atom stereocenters. The molecule has 1 unspecified atom stereocenters. The molecule has 16 heavy (non-hydrogen) atoms. The van der Waals surface area contributed by atoms with Crippen molar-refractivity contribution < 1.29 is 4.74 Å². The Kier molecular flexibility index (Phi) is 5.19. The van der Waals surface area contributed by atoms with Gasteiger partial charge in [0.2, 0.25) is 0 Å². The quantitative estimate of drug-likeness (QED) is 0.810. The number of hydrogen-bond acceptors (Lipinski definition) is 2. The van der Waals surface area contributed by atoms with Gasteiger partial charge in [-0.3, -0.25) is 0 Å². The van der Waals surface area contributed by atoms with Crippen LogP contribution in [0.3, 0.4) is 0 Å². The van der Waals surface area contributed by atoms with Crippen molar-refractivity contribution in [1.29, 1.82) is 0 Å². The van der Waals surface area contributed by atoms with Crippen molar-refractivity contribution in [3.05, 3.63) is 28.7 Å².